The highest BCUT2D eigenvalue weighted by molar-refractivity contribution is 5.82. The fourth-order valence-corrected chi connectivity index (χ4v) is 6.22. The van der Waals surface area contributed by atoms with Gasteiger partial charge in [-0.25, -0.2) is 0 Å². The molecule has 0 unspecified atom stereocenters. The second-order valence-electron chi connectivity index (χ2n) is 8.71. The molecular formula is C26H23NO3. The van der Waals surface area contributed by atoms with Gasteiger partial charge in [0, 0.05) is 25.6 Å². The van der Waals surface area contributed by atoms with E-state index in [9.17, 15) is 9.90 Å². The van der Waals surface area contributed by atoms with Crippen LogP contribution in [0.2, 0.25) is 0 Å². The molecule has 2 fully saturated rings. The fraction of sp³-hybridized carbons (Fsp3) is 0.269. The lowest BCUT2D eigenvalue weighted by molar-refractivity contribution is -0.159. The van der Waals surface area contributed by atoms with Crippen molar-refractivity contribution in [2.45, 2.75) is 18.2 Å². The predicted molar refractivity (Wildman–Crippen MR) is 113 cm³/mol. The lowest BCUT2D eigenvalue weighted by atomic mass is 9.57. The molecule has 4 atom stereocenters. The van der Waals surface area contributed by atoms with E-state index in [1.165, 1.54) is 5.56 Å². The fourth-order valence-electron chi connectivity index (χ4n) is 6.22. The van der Waals surface area contributed by atoms with E-state index in [2.05, 4.69) is 29.2 Å². The molecule has 4 nitrogen and oxygen atoms in total. The molecule has 30 heavy (non-hydrogen) atoms. The summed E-state index contributed by atoms with van der Waals surface area (Å²) in [6, 6.07) is 28.4. The zero-order chi connectivity index (χ0) is 20.3. The van der Waals surface area contributed by atoms with Gasteiger partial charge in [0.05, 0.1) is 6.10 Å². The van der Waals surface area contributed by atoms with Crippen LogP contribution >= 0.6 is 0 Å². The number of carboxylic acids is 1. The minimum absolute atomic E-state index is 0.0891. The maximum Gasteiger partial charge on any atom is 0.315 e. The Morgan fingerprint density at radius 3 is 2.37 bits per heavy atom. The van der Waals surface area contributed by atoms with Gasteiger partial charge in [0.2, 0.25) is 0 Å². The molecule has 3 aromatic carbocycles. The van der Waals surface area contributed by atoms with Crippen molar-refractivity contribution in [3.8, 4) is 0 Å². The smallest absolute Gasteiger partial charge is 0.315 e. The van der Waals surface area contributed by atoms with Crippen LogP contribution in [0.1, 0.15) is 28.4 Å². The summed E-state index contributed by atoms with van der Waals surface area (Å²) >= 11 is 0. The van der Waals surface area contributed by atoms with Crippen molar-refractivity contribution < 1.29 is 14.6 Å². The summed E-state index contributed by atoms with van der Waals surface area (Å²) in [6.07, 6.45) is -0.196. The maximum absolute atomic E-state index is 13.1. The molecule has 0 amide bonds. The Labute approximate surface area is 175 Å². The largest absolute Gasteiger partial charge is 0.481 e. The number of aliphatic carboxylic acids is 1. The van der Waals surface area contributed by atoms with Gasteiger partial charge < -0.3 is 9.84 Å². The number of benzene rings is 3. The average Bonchev–Trinajstić information content (AvgIpc) is 3.41. The molecule has 3 heterocycles. The lowest BCUT2D eigenvalue weighted by Gasteiger charge is -2.43. The first-order valence-electron chi connectivity index (χ1n) is 10.5. The Morgan fingerprint density at radius 1 is 0.967 bits per heavy atom. The van der Waals surface area contributed by atoms with Gasteiger partial charge in [0.25, 0.3) is 0 Å². The molecule has 2 saturated heterocycles. The highest BCUT2D eigenvalue weighted by atomic mass is 16.5. The average molecular weight is 397 g/mol. The van der Waals surface area contributed by atoms with E-state index < -0.39 is 17.0 Å². The van der Waals surface area contributed by atoms with Crippen LogP contribution in [0.5, 0.6) is 0 Å². The van der Waals surface area contributed by atoms with E-state index in [4.69, 9.17) is 4.74 Å². The van der Waals surface area contributed by atoms with Crippen molar-refractivity contribution in [1.29, 1.82) is 0 Å². The summed E-state index contributed by atoms with van der Waals surface area (Å²) in [4.78, 5) is 15.4. The van der Waals surface area contributed by atoms with Gasteiger partial charge in [-0.2, -0.15) is 0 Å². The molecule has 4 heteroatoms. The lowest BCUT2D eigenvalue weighted by Crippen LogP contribution is -2.54. The molecule has 150 valence electrons. The van der Waals surface area contributed by atoms with Crippen LogP contribution in [0.25, 0.3) is 0 Å². The molecule has 2 bridgehead atoms. The Bertz CT molecular complexity index is 1120. The van der Waals surface area contributed by atoms with Gasteiger partial charge >= 0.3 is 5.97 Å². The van der Waals surface area contributed by atoms with E-state index in [-0.39, 0.29) is 12.0 Å². The summed E-state index contributed by atoms with van der Waals surface area (Å²) in [5, 5.41) is 10.7. The molecule has 6 rings (SSSR count). The van der Waals surface area contributed by atoms with Gasteiger partial charge in [-0.05, 0) is 22.3 Å². The molecule has 0 spiro atoms. The zero-order valence-corrected chi connectivity index (χ0v) is 16.6. The molecule has 0 aliphatic carbocycles. The van der Waals surface area contributed by atoms with Crippen LogP contribution in [0.4, 0.5) is 0 Å². The standard InChI is InChI=1S/C26H23NO3/c28-24(29)25-17-27(15-18-9-3-1-4-10-18)16-22(25)23-20-13-7-8-14-21(20)26(25,30-23)19-11-5-2-6-12-19/h1-14,22-23H,15-17H2,(H,28,29)/t22-,23-,25-,26+/m0/s1. The Hall–Kier alpha value is -2.95. The first-order valence-corrected chi connectivity index (χ1v) is 10.5. The number of carboxylic acid groups (broad SMARTS) is 1. The summed E-state index contributed by atoms with van der Waals surface area (Å²) in [7, 11) is 0. The number of carbonyl (C=O) groups is 1. The summed E-state index contributed by atoms with van der Waals surface area (Å²) in [5.41, 5.74) is 2.33. The number of ether oxygens (including phenoxy) is 1. The number of hydrogen-bond donors (Lipinski definition) is 1. The van der Waals surface area contributed by atoms with Crippen LogP contribution in [0.3, 0.4) is 0 Å². The molecule has 0 aromatic heterocycles. The molecule has 3 aliphatic heterocycles. The van der Waals surface area contributed by atoms with E-state index >= 15 is 0 Å². The number of likely N-dealkylation sites (tertiary alicyclic amines) is 1. The van der Waals surface area contributed by atoms with Crippen LogP contribution in [0, 0.1) is 11.3 Å². The predicted octanol–water partition coefficient (Wildman–Crippen LogP) is 4.22. The van der Waals surface area contributed by atoms with Crippen LogP contribution < -0.4 is 0 Å². The third kappa shape index (κ3) is 2.10. The van der Waals surface area contributed by atoms with Crippen molar-refractivity contribution in [3.05, 3.63) is 107 Å². The van der Waals surface area contributed by atoms with E-state index in [0.717, 1.165) is 29.8 Å². The number of hydrogen-bond acceptors (Lipinski definition) is 3. The maximum atomic E-state index is 13.1. The Kier molecular flexibility index (Phi) is 3.74. The first-order chi connectivity index (χ1) is 14.7. The van der Waals surface area contributed by atoms with Crippen LogP contribution in [0.15, 0.2) is 84.9 Å². The van der Waals surface area contributed by atoms with Crippen molar-refractivity contribution in [1.82, 2.24) is 4.90 Å². The third-order valence-electron chi connectivity index (χ3n) is 7.32. The van der Waals surface area contributed by atoms with Gasteiger partial charge in [-0.1, -0.05) is 84.9 Å². The highest BCUT2D eigenvalue weighted by Gasteiger charge is 2.77. The highest BCUT2D eigenvalue weighted by Crippen LogP contribution is 2.71. The molecule has 3 aliphatic rings. The zero-order valence-electron chi connectivity index (χ0n) is 16.6. The minimum Gasteiger partial charge on any atom is -0.481 e. The SMILES string of the molecule is O=C(O)[C@]12CN(Cc3ccccc3)C[C@H]1[C@H]1O[C@]2(c2ccccc2)c2ccccc21. The van der Waals surface area contributed by atoms with E-state index in [0.29, 0.717) is 6.54 Å². The molecular weight excluding hydrogens is 374 g/mol. The second kappa shape index (κ2) is 6.27. The van der Waals surface area contributed by atoms with Gasteiger partial charge in [0.1, 0.15) is 11.0 Å². The first kappa shape index (κ1) is 17.9. The molecule has 1 N–H and O–H groups in total. The summed E-state index contributed by atoms with van der Waals surface area (Å²) in [6.45, 7) is 1.94. The topological polar surface area (TPSA) is 49.8 Å². The van der Waals surface area contributed by atoms with E-state index in [1.54, 1.807) is 0 Å². The second-order valence-corrected chi connectivity index (χ2v) is 8.71. The number of rotatable bonds is 4. The van der Waals surface area contributed by atoms with E-state index in [1.807, 2.05) is 60.7 Å². The molecule has 0 radical (unpaired) electrons. The Balaban J connectivity index is 1.52. The third-order valence-corrected chi connectivity index (χ3v) is 7.32. The normalized spacial score (nSPS) is 31.5. The van der Waals surface area contributed by atoms with Crippen molar-refractivity contribution in [2.24, 2.45) is 11.3 Å². The van der Waals surface area contributed by atoms with Crippen molar-refractivity contribution in [2.75, 3.05) is 13.1 Å². The van der Waals surface area contributed by atoms with Crippen LogP contribution in [-0.4, -0.2) is 29.1 Å². The van der Waals surface area contributed by atoms with Gasteiger partial charge in [0.15, 0.2) is 0 Å². The summed E-state index contributed by atoms with van der Waals surface area (Å²) in [5.74, 6) is -0.849. The molecule has 3 aromatic rings. The van der Waals surface area contributed by atoms with Gasteiger partial charge in [-0.15, -0.1) is 0 Å². The minimum atomic E-state index is -1.01. The number of nitrogens with zero attached hydrogens (tertiary/aromatic N) is 1. The van der Waals surface area contributed by atoms with Crippen molar-refractivity contribution >= 4 is 5.97 Å². The molecule has 0 saturated carbocycles. The van der Waals surface area contributed by atoms with Crippen molar-refractivity contribution in [3.63, 3.8) is 0 Å². The number of fused-ring (bicyclic) bond motifs is 8. The quantitative estimate of drug-likeness (QED) is 0.716. The summed E-state index contributed by atoms with van der Waals surface area (Å²) < 4.78 is 6.74. The van der Waals surface area contributed by atoms with Crippen LogP contribution in [-0.2, 0) is 21.7 Å². The monoisotopic (exact) mass is 397 g/mol. The Morgan fingerprint density at radius 2 is 1.63 bits per heavy atom. The van der Waals surface area contributed by atoms with Gasteiger partial charge in [-0.3, -0.25) is 9.69 Å².